The van der Waals surface area contributed by atoms with Gasteiger partial charge in [0, 0.05) is 25.1 Å². The summed E-state index contributed by atoms with van der Waals surface area (Å²) in [5.41, 5.74) is 1.06. The fourth-order valence-corrected chi connectivity index (χ4v) is 1.61. The minimum absolute atomic E-state index is 0.109. The number of nitrogens with zero attached hydrogens (tertiary/aromatic N) is 1. The maximum absolute atomic E-state index is 11.0. The number of nitrogens with one attached hydrogen (secondary N) is 1. The van der Waals surface area contributed by atoms with Crippen molar-refractivity contribution in [3.63, 3.8) is 0 Å². The summed E-state index contributed by atoms with van der Waals surface area (Å²) in [7, 11) is 1.61. The molecule has 0 saturated carbocycles. The molecule has 1 aromatic rings. The molecule has 0 spiro atoms. The van der Waals surface area contributed by atoms with E-state index in [0.717, 1.165) is 11.3 Å². The number of ether oxygens (including phenoxy) is 1. The minimum atomic E-state index is 0.109. The highest BCUT2D eigenvalue weighted by Gasteiger charge is 2.23. The number of hydrogen-bond acceptors (Lipinski definition) is 3. The molecule has 2 heterocycles. The number of carbonyl (C=O) groups is 1. The number of pyridine rings is 1. The summed E-state index contributed by atoms with van der Waals surface area (Å²) in [5, 5.41) is 2.80. The summed E-state index contributed by atoms with van der Waals surface area (Å²) in [6, 6.07) is 1.93. The molecule has 1 N–H and O–H groups in total. The molecule has 4 nitrogen and oxygen atoms in total. The van der Waals surface area contributed by atoms with Gasteiger partial charge >= 0.3 is 0 Å². The third-order valence-corrected chi connectivity index (χ3v) is 2.42. The molecular formula is C10H12N2O2. The van der Waals surface area contributed by atoms with Crippen molar-refractivity contribution in [3.8, 4) is 5.75 Å². The molecule has 4 heteroatoms. The van der Waals surface area contributed by atoms with Crippen LogP contribution in [0.5, 0.6) is 5.75 Å². The van der Waals surface area contributed by atoms with Crippen molar-refractivity contribution in [2.75, 3.05) is 13.7 Å². The van der Waals surface area contributed by atoms with Crippen LogP contribution in [-0.4, -0.2) is 24.5 Å². The van der Waals surface area contributed by atoms with Gasteiger partial charge in [-0.25, -0.2) is 0 Å². The number of carbonyl (C=O) groups excluding carboxylic acids is 1. The van der Waals surface area contributed by atoms with Gasteiger partial charge in [-0.15, -0.1) is 0 Å². The number of amides is 1. The molecular weight excluding hydrogens is 180 g/mol. The van der Waals surface area contributed by atoms with Gasteiger partial charge in [-0.3, -0.25) is 9.78 Å². The lowest BCUT2D eigenvalue weighted by molar-refractivity contribution is -0.119. The van der Waals surface area contributed by atoms with Gasteiger partial charge in [0.1, 0.15) is 5.75 Å². The van der Waals surface area contributed by atoms with E-state index in [9.17, 15) is 4.79 Å². The van der Waals surface area contributed by atoms with Crippen LogP contribution in [0.1, 0.15) is 17.9 Å². The second kappa shape index (κ2) is 3.65. The lowest BCUT2D eigenvalue weighted by Gasteiger charge is -2.07. The van der Waals surface area contributed by atoms with Crippen LogP contribution in [0.15, 0.2) is 18.5 Å². The Kier molecular flexibility index (Phi) is 2.35. The van der Waals surface area contributed by atoms with Crippen LogP contribution in [-0.2, 0) is 4.79 Å². The standard InChI is InChI=1S/C10H12N2O2/c1-14-9-2-7(4-11-6-9)8-3-10(13)12-5-8/h2,4,6,8H,3,5H2,1H3,(H,12,13). The van der Waals surface area contributed by atoms with Gasteiger partial charge in [0.15, 0.2) is 0 Å². The van der Waals surface area contributed by atoms with Crippen LogP contribution < -0.4 is 10.1 Å². The molecule has 0 aliphatic carbocycles. The van der Waals surface area contributed by atoms with E-state index in [0.29, 0.717) is 13.0 Å². The third kappa shape index (κ3) is 1.69. The van der Waals surface area contributed by atoms with Crippen LogP contribution in [0.25, 0.3) is 0 Å². The summed E-state index contributed by atoms with van der Waals surface area (Å²) >= 11 is 0. The van der Waals surface area contributed by atoms with Crippen molar-refractivity contribution in [1.82, 2.24) is 10.3 Å². The molecule has 74 valence electrons. The first kappa shape index (κ1) is 8.99. The Morgan fingerprint density at radius 1 is 1.57 bits per heavy atom. The van der Waals surface area contributed by atoms with E-state index in [1.807, 2.05) is 6.07 Å². The molecule has 1 unspecified atom stereocenters. The molecule has 14 heavy (non-hydrogen) atoms. The average molecular weight is 192 g/mol. The topological polar surface area (TPSA) is 51.2 Å². The fourth-order valence-electron chi connectivity index (χ4n) is 1.61. The summed E-state index contributed by atoms with van der Waals surface area (Å²) < 4.78 is 5.07. The number of methoxy groups -OCH3 is 1. The zero-order valence-corrected chi connectivity index (χ0v) is 7.99. The molecule has 1 aromatic heterocycles. The fraction of sp³-hybridized carbons (Fsp3) is 0.400. The van der Waals surface area contributed by atoms with Crippen LogP contribution in [0.3, 0.4) is 0 Å². The van der Waals surface area contributed by atoms with Crippen LogP contribution in [0.2, 0.25) is 0 Å². The minimum Gasteiger partial charge on any atom is -0.495 e. The predicted octanol–water partition coefficient (Wildman–Crippen LogP) is 0.694. The highest BCUT2D eigenvalue weighted by atomic mass is 16.5. The van der Waals surface area contributed by atoms with Crippen molar-refractivity contribution < 1.29 is 9.53 Å². The van der Waals surface area contributed by atoms with E-state index in [-0.39, 0.29) is 11.8 Å². The molecule has 1 fully saturated rings. The Labute approximate surface area is 82.3 Å². The van der Waals surface area contributed by atoms with Crippen molar-refractivity contribution in [2.24, 2.45) is 0 Å². The van der Waals surface area contributed by atoms with Crippen LogP contribution >= 0.6 is 0 Å². The number of aromatic nitrogens is 1. The van der Waals surface area contributed by atoms with Gasteiger partial charge < -0.3 is 10.1 Å². The van der Waals surface area contributed by atoms with Gasteiger partial charge in [-0.2, -0.15) is 0 Å². The van der Waals surface area contributed by atoms with Crippen molar-refractivity contribution in [3.05, 3.63) is 24.0 Å². The molecule has 1 amide bonds. The molecule has 1 saturated heterocycles. The zero-order valence-electron chi connectivity index (χ0n) is 7.99. The van der Waals surface area contributed by atoms with Crippen molar-refractivity contribution in [2.45, 2.75) is 12.3 Å². The summed E-state index contributed by atoms with van der Waals surface area (Å²) in [5.74, 6) is 1.09. The second-order valence-corrected chi connectivity index (χ2v) is 3.36. The summed E-state index contributed by atoms with van der Waals surface area (Å²) in [4.78, 5) is 15.1. The maximum atomic E-state index is 11.0. The summed E-state index contributed by atoms with van der Waals surface area (Å²) in [6.07, 6.45) is 4.00. The maximum Gasteiger partial charge on any atom is 0.220 e. The Hall–Kier alpha value is -1.58. The Balaban J connectivity index is 2.19. The first-order valence-corrected chi connectivity index (χ1v) is 4.55. The smallest absolute Gasteiger partial charge is 0.220 e. The number of rotatable bonds is 2. The Bertz CT molecular complexity index is 352. The third-order valence-electron chi connectivity index (χ3n) is 2.42. The lowest BCUT2D eigenvalue weighted by Crippen LogP contribution is -2.13. The molecule has 0 bridgehead atoms. The largest absolute Gasteiger partial charge is 0.495 e. The normalized spacial score (nSPS) is 20.6. The monoisotopic (exact) mass is 192 g/mol. The first-order chi connectivity index (χ1) is 6.79. The highest BCUT2D eigenvalue weighted by molar-refractivity contribution is 5.79. The van der Waals surface area contributed by atoms with Gasteiger partial charge in [0.25, 0.3) is 0 Å². The highest BCUT2D eigenvalue weighted by Crippen LogP contribution is 2.24. The molecule has 1 atom stereocenters. The Morgan fingerprint density at radius 2 is 2.43 bits per heavy atom. The molecule has 1 aliphatic rings. The van der Waals surface area contributed by atoms with Gasteiger partial charge in [-0.1, -0.05) is 0 Å². The Morgan fingerprint density at radius 3 is 3.07 bits per heavy atom. The first-order valence-electron chi connectivity index (χ1n) is 4.55. The average Bonchev–Trinajstić information content (AvgIpc) is 2.65. The SMILES string of the molecule is COc1cncc(C2CNC(=O)C2)c1. The number of hydrogen-bond donors (Lipinski definition) is 1. The van der Waals surface area contributed by atoms with Crippen molar-refractivity contribution >= 4 is 5.91 Å². The molecule has 0 radical (unpaired) electrons. The van der Waals surface area contributed by atoms with Gasteiger partial charge in [0.2, 0.25) is 5.91 Å². The molecule has 0 aromatic carbocycles. The lowest BCUT2D eigenvalue weighted by atomic mass is 10.0. The van der Waals surface area contributed by atoms with E-state index >= 15 is 0 Å². The van der Waals surface area contributed by atoms with Crippen molar-refractivity contribution in [1.29, 1.82) is 0 Å². The van der Waals surface area contributed by atoms with E-state index in [1.54, 1.807) is 19.5 Å². The van der Waals surface area contributed by atoms with Crippen LogP contribution in [0, 0.1) is 0 Å². The van der Waals surface area contributed by atoms with Gasteiger partial charge in [-0.05, 0) is 11.6 Å². The van der Waals surface area contributed by atoms with E-state index in [2.05, 4.69) is 10.3 Å². The second-order valence-electron chi connectivity index (χ2n) is 3.36. The summed E-state index contributed by atoms with van der Waals surface area (Å²) in [6.45, 7) is 0.702. The van der Waals surface area contributed by atoms with Crippen LogP contribution in [0.4, 0.5) is 0 Å². The molecule has 1 aliphatic heterocycles. The zero-order chi connectivity index (χ0) is 9.97. The van der Waals surface area contributed by atoms with E-state index in [4.69, 9.17) is 4.74 Å². The van der Waals surface area contributed by atoms with Gasteiger partial charge in [0.05, 0.1) is 13.3 Å². The predicted molar refractivity (Wildman–Crippen MR) is 51.2 cm³/mol. The van der Waals surface area contributed by atoms with E-state index in [1.165, 1.54) is 0 Å². The van der Waals surface area contributed by atoms with E-state index < -0.39 is 0 Å². The molecule has 2 rings (SSSR count). The quantitative estimate of drug-likeness (QED) is 0.750.